The lowest BCUT2D eigenvalue weighted by Crippen LogP contribution is -2.16. The highest BCUT2D eigenvalue weighted by atomic mass is 19.1. The summed E-state index contributed by atoms with van der Waals surface area (Å²) in [4.78, 5) is 21.4. The molecule has 0 unspecified atom stereocenters. The van der Waals surface area contributed by atoms with Gasteiger partial charge in [0.25, 0.3) is 11.8 Å². The first-order valence-corrected chi connectivity index (χ1v) is 8.32. The Morgan fingerprint density at radius 3 is 2.54 bits per heavy atom. The Morgan fingerprint density at radius 1 is 1.14 bits per heavy atom. The molecule has 2 aromatic heterocycles. The van der Waals surface area contributed by atoms with Crippen LogP contribution in [0.2, 0.25) is 0 Å². The fraction of sp³-hybridized carbons (Fsp3) is 0.105. The maximum atomic E-state index is 13.7. The normalized spacial score (nSPS) is 11.2. The molecule has 28 heavy (non-hydrogen) atoms. The first-order valence-electron chi connectivity index (χ1n) is 8.32. The zero-order valence-corrected chi connectivity index (χ0v) is 14.8. The molecule has 3 rings (SSSR count). The monoisotopic (exact) mass is 383 g/mol. The number of carbonyl (C=O) groups excluding carboxylic acids is 1. The smallest absolute Gasteiger partial charge is 0.267 e. The quantitative estimate of drug-likeness (QED) is 0.519. The van der Waals surface area contributed by atoms with Gasteiger partial charge in [0.05, 0.1) is 5.71 Å². The third-order valence-electron chi connectivity index (χ3n) is 3.66. The SMILES string of the molecule is CC/C(=N/Oc1cccnn1)c1ccc(NC(=O)c2c(F)cccc2F)nc1. The summed E-state index contributed by atoms with van der Waals surface area (Å²) in [6.07, 6.45) is 3.53. The maximum Gasteiger partial charge on any atom is 0.267 e. The Labute approximate surface area is 159 Å². The number of nitrogens with zero attached hydrogens (tertiary/aromatic N) is 4. The van der Waals surface area contributed by atoms with Gasteiger partial charge in [-0.3, -0.25) is 4.79 Å². The molecule has 0 aliphatic carbocycles. The molecule has 3 aromatic rings. The van der Waals surface area contributed by atoms with Crippen molar-refractivity contribution in [3.05, 3.63) is 77.6 Å². The van der Waals surface area contributed by atoms with Crippen molar-refractivity contribution >= 4 is 17.4 Å². The molecule has 7 nitrogen and oxygen atoms in total. The predicted molar refractivity (Wildman–Crippen MR) is 98.0 cm³/mol. The second-order valence-corrected chi connectivity index (χ2v) is 5.53. The van der Waals surface area contributed by atoms with Crippen molar-refractivity contribution in [3.63, 3.8) is 0 Å². The number of oxime groups is 1. The summed E-state index contributed by atoms with van der Waals surface area (Å²) in [5, 5.41) is 13.8. The van der Waals surface area contributed by atoms with Crippen LogP contribution in [0.3, 0.4) is 0 Å². The molecule has 2 heterocycles. The van der Waals surface area contributed by atoms with Crippen molar-refractivity contribution in [3.8, 4) is 5.88 Å². The van der Waals surface area contributed by atoms with E-state index >= 15 is 0 Å². The van der Waals surface area contributed by atoms with Crippen LogP contribution in [0.4, 0.5) is 14.6 Å². The summed E-state index contributed by atoms with van der Waals surface area (Å²) in [6, 6.07) is 9.64. The van der Waals surface area contributed by atoms with Crippen molar-refractivity contribution in [1.29, 1.82) is 0 Å². The van der Waals surface area contributed by atoms with E-state index in [-0.39, 0.29) is 11.7 Å². The van der Waals surface area contributed by atoms with Crippen LogP contribution >= 0.6 is 0 Å². The van der Waals surface area contributed by atoms with Crippen molar-refractivity contribution in [2.75, 3.05) is 5.32 Å². The first kappa shape index (κ1) is 19.0. The topological polar surface area (TPSA) is 89.4 Å². The van der Waals surface area contributed by atoms with Crippen molar-refractivity contribution in [2.24, 2.45) is 5.16 Å². The Kier molecular flexibility index (Phi) is 5.95. The fourth-order valence-electron chi connectivity index (χ4n) is 2.29. The number of carbonyl (C=O) groups is 1. The molecule has 0 aliphatic rings. The van der Waals surface area contributed by atoms with Crippen LogP contribution in [-0.2, 0) is 0 Å². The van der Waals surface area contributed by atoms with Gasteiger partial charge < -0.3 is 10.2 Å². The molecule has 1 amide bonds. The minimum absolute atomic E-state index is 0.140. The number of amides is 1. The summed E-state index contributed by atoms with van der Waals surface area (Å²) < 4.78 is 27.4. The van der Waals surface area contributed by atoms with Gasteiger partial charge >= 0.3 is 0 Å². The molecule has 0 aliphatic heterocycles. The lowest BCUT2D eigenvalue weighted by Gasteiger charge is -2.08. The molecule has 9 heteroatoms. The predicted octanol–water partition coefficient (Wildman–Crippen LogP) is 3.60. The van der Waals surface area contributed by atoms with E-state index in [1.807, 2.05) is 6.92 Å². The highest BCUT2D eigenvalue weighted by Crippen LogP contribution is 2.15. The molecule has 0 radical (unpaired) electrons. The zero-order valence-electron chi connectivity index (χ0n) is 14.8. The van der Waals surface area contributed by atoms with E-state index in [0.717, 1.165) is 12.1 Å². The summed E-state index contributed by atoms with van der Waals surface area (Å²) >= 11 is 0. The third kappa shape index (κ3) is 4.50. The average Bonchev–Trinajstić information content (AvgIpc) is 2.70. The van der Waals surface area contributed by atoms with E-state index in [0.29, 0.717) is 17.7 Å². The largest absolute Gasteiger partial charge is 0.335 e. The van der Waals surface area contributed by atoms with Gasteiger partial charge in [0.2, 0.25) is 0 Å². The Balaban J connectivity index is 1.72. The molecule has 0 saturated carbocycles. The molecule has 0 saturated heterocycles. The maximum absolute atomic E-state index is 13.7. The molecule has 1 N–H and O–H groups in total. The van der Waals surface area contributed by atoms with Gasteiger partial charge in [0, 0.05) is 24.0 Å². The molecule has 1 aromatic carbocycles. The van der Waals surface area contributed by atoms with Crippen LogP contribution in [0.5, 0.6) is 5.88 Å². The van der Waals surface area contributed by atoms with E-state index in [1.54, 1.807) is 18.2 Å². The van der Waals surface area contributed by atoms with Gasteiger partial charge in [-0.25, -0.2) is 13.8 Å². The number of halogens is 2. The summed E-state index contributed by atoms with van der Waals surface area (Å²) in [5.74, 6) is -2.43. The fourth-order valence-corrected chi connectivity index (χ4v) is 2.29. The van der Waals surface area contributed by atoms with E-state index < -0.39 is 23.1 Å². The number of anilines is 1. The van der Waals surface area contributed by atoms with E-state index in [9.17, 15) is 13.6 Å². The van der Waals surface area contributed by atoms with Crippen LogP contribution < -0.4 is 10.2 Å². The minimum atomic E-state index is -0.948. The molecule has 142 valence electrons. The Morgan fingerprint density at radius 2 is 1.93 bits per heavy atom. The van der Waals surface area contributed by atoms with Crippen LogP contribution in [0, 0.1) is 11.6 Å². The number of pyridine rings is 1. The second-order valence-electron chi connectivity index (χ2n) is 5.53. The molecule has 0 spiro atoms. The van der Waals surface area contributed by atoms with Gasteiger partial charge in [-0.05, 0) is 36.8 Å². The van der Waals surface area contributed by atoms with Gasteiger partial charge in [-0.1, -0.05) is 18.1 Å². The molecular formula is C19H15F2N5O2. The van der Waals surface area contributed by atoms with Gasteiger partial charge in [0.1, 0.15) is 23.0 Å². The molecule has 0 bridgehead atoms. The van der Waals surface area contributed by atoms with Crippen molar-refractivity contribution in [2.45, 2.75) is 13.3 Å². The number of hydrogen-bond acceptors (Lipinski definition) is 6. The number of benzene rings is 1. The molecular weight excluding hydrogens is 368 g/mol. The van der Waals surface area contributed by atoms with Crippen LogP contribution in [0.1, 0.15) is 29.3 Å². The number of aromatic nitrogens is 3. The van der Waals surface area contributed by atoms with Gasteiger partial charge in [-0.2, -0.15) is 5.10 Å². The Bertz CT molecular complexity index is 975. The van der Waals surface area contributed by atoms with E-state index in [2.05, 4.69) is 25.7 Å². The number of nitrogens with one attached hydrogen (secondary N) is 1. The zero-order chi connectivity index (χ0) is 19.9. The van der Waals surface area contributed by atoms with Crippen molar-refractivity contribution in [1.82, 2.24) is 15.2 Å². The first-order chi connectivity index (χ1) is 13.6. The molecule has 0 fully saturated rings. The lowest BCUT2D eigenvalue weighted by molar-refractivity contribution is 0.101. The van der Waals surface area contributed by atoms with E-state index in [1.165, 1.54) is 24.5 Å². The highest BCUT2D eigenvalue weighted by Gasteiger charge is 2.17. The third-order valence-corrected chi connectivity index (χ3v) is 3.66. The van der Waals surface area contributed by atoms with E-state index in [4.69, 9.17) is 4.84 Å². The van der Waals surface area contributed by atoms with Crippen LogP contribution in [0.15, 0.2) is 60.0 Å². The lowest BCUT2D eigenvalue weighted by atomic mass is 10.1. The summed E-state index contributed by atoms with van der Waals surface area (Å²) in [7, 11) is 0. The number of rotatable bonds is 6. The van der Waals surface area contributed by atoms with Crippen LogP contribution in [-0.4, -0.2) is 26.8 Å². The second kappa shape index (κ2) is 8.76. The van der Waals surface area contributed by atoms with Crippen molar-refractivity contribution < 1.29 is 18.4 Å². The van der Waals surface area contributed by atoms with Gasteiger partial charge in [0.15, 0.2) is 0 Å². The summed E-state index contributed by atoms with van der Waals surface area (Å²) in [5.41, 5.74) is 0.583. The Hall–Kier alpha value is -3.75. The number of hydrogen-bond donors (Lipinski definition) is 1. The average molecular weight is 383 g/mol. The standard InChI is InChI=1S/C19H15F2N5O2/c1-2-15(26-28-17-7-4-10-23-25-17)12-8-9-16(22-11-12)24-19(27)18-13(20)5-3-6-14(18)21/h3-11H,2H2,1H3,(H,22,24,27)/b26-15-. The van der Waals surface area contributed by atoms with Gasteiger partial charge in [-0.15, -0.1) is 5.10 Å². The highest BCUT2D eigenvalue weighted by molar-refractivity contribution is 6.04. The van der Waals surface area contributed by atoms with Crippen LogP contribution in [0.25, 0.3) is 0 Å². The minimum Gasteiger partial charge on any atom is -0.335 e. The summed E-state index contributed by atoms with van der Waals surface area (Å²) in [6.45, 7) is 1.88. The molecule has 0 atom stereocenters.